The Morgan fingerprint density at radius 3 is 2.31 bits per heavy atom. The van der Waals surface area contributed by atoms with Gasteiger partial charge in [-0.1, -0.05) is 18.2 Å². The van der Waals surface area contributed by atoms with Crippen LogP contribution in [0.2, 0.25) is 0 Å². The van der Waals surface area contributed by atoms with Gasteiger partial charge in [-0.05, 0) is 67.8 Å². The molecule has 5 amide bonds. The van der Waals surface area contributed by atoms with E-state index in [1.807, 2.05) is 0 Å². The van der Waals surface area contributed by atoms with Crippen molar-refractivity contribution in [2.75, 3.05) is 11.5 Å². The number of urea groups is 1. The van der Waals surface area contributed by atoms with Gasteiger partial charge in [0.1, 0.15) is 11.3 Å². The number of halogens is 2. The number of benzene rings is 2. The molecule has 1 heterocycles. The van der Waals surface area contributed by atoms with Gasteiger partial charge in [-0.3, -0.25) is 19.7 Å². The second kappa shape index (κ2) is 8.58. The molecule has 1 aliphatic heterocycles. The third-order valence-electron chi connectivity index (χ3n) is 3.81. The van der Waals surface area contributed by atoms with Gasteiger partial charge in [0.25, 0.3) is 17.7 Å². The van der Waals surface area contributed by atoms with Crippen molar-refractivity contribution < 1.29 is 23.9 Å². The number of anilines is 1. The predicted octanol–water partition coefficient (Wildman–Crippen LogP) is 2.74. The molecule has 8 nitrogen and oxygen atoms in total. The molecule has 3 rings (SSSR count). The summed E-state index contributed by atoms with van der Waals surface area (Å²) in [5.74, 6) is -1.84. The summed E-state index contributed by atoms with van der Waals surface area (Å²) in [5, 5.41) is 2.16. The van der Waals surface area contributed by atoms with E-state index < -0.39 is 23.8 Å². The van der Waals surface area contributed by atoms with Crippen LogP contribution in [0, 0.1) is 0 Å². The normalized spacial score (nSPS) is 15.4. The Hall–Kier alpha value is -2.98. The van der Waals surface area contributed by atoms with Gasteiger partial charge in [-0.25, -0.2) is 9.69 Å². The first kappa shape index (κ1) is 20.7. The van der Waals surface area contributed by atoms with Crippen molar-refractivity contribution in [3.8, 4) is 5.75 Å². The Kier molecular flexibility index (Phi) is 6.14. The second-order valence-electron chi connectivity index (χ2n) is 5.86. The lowest BCUT2D eigenvalue weighted by Gasteiger charge is -2.26. The molecular weight excluding hydrogens is 510 g/mol. The van der Waals surface area contributed by atoms with Crippen LogP contribution in [0.3, 0.4) is 0 Å². The molecule has 1 saturated heterocycles. The number of barbiturate groups is 1. The fraction of sp³-hybridized carbons (Fsp3) is 0.0526. The zero-order valence-electron chi connectivity index (χ0n) is 14.6. The van der Waals surface area contributed by atoms with Crippen LogP contribution in [0.5, 0.6) is 5.75 Å². The molecule has 0 radical (unpaired) electrons. The fourth-order valence-electron chi connectivity index (χ4n) is 2.58. The summed E-state index contributed by atoms with van der Waals surface area (Å²) in [6.45, 7) is -0.313. The van der Waals surface area contributed by atoms with Crippen LogP contribution < -0.4 is 20.7 Å². The summed E-state index contributed by atoms with van der Waals surface area (Å²) in [4.78, 5) is 49.1. The van der Waals surface area contributed by atoms with E-state index in [9.17, 15) is 19.2 Å². The lowest BCUT2D eigenvalue weighted by molar-refractivity contribution is -0.123. The average molecular weight is 523 g/mol. The van der Waals surface area contributed by atoms with E-state index in [2.05, 4.69) is 37.2 Å². The van der Waals surface area contributed by atoms with Crippen LogP contribution in [0.1, 0.15) is 5.56 Å². The lowest BCUT2D eigenvalue weighted by atomic mass is 10.1. The summed E-state index contributed by atoms with van der Waals surface area (Å²) in [6, 6.07) is 10.6. The van der Waals surface area contributed by atoms with Gasteiger partial charge >= 0.3 is 6.03 Å². The fourth-order valence-corrected chi connectivity index (χ4v) is 4.03. The van der Waals surface area contributed by atoms with Crippen molar-refractivity contribution in [3.63, 3.8) is 0 Å². The number of primary amides is 1. The molecule has 2 aromatic rings. The Bertz CT molecular complexity index is 1030. The average Bonchev–Trinajstić information content (AvgIpc) is 2.65. The highest BCUT2D eigenvalue weighted by atomic mass is 79.9. The number of ether oxygens (including phenoxy) is 1. The topological polar surface area (TPSA) is 119 Å². The van der Waals surface area contributed by atoms with Crippen LogP contribution in [0.4, 0.5) is 10.5 Å². The molecule has 0 spiro atoms. The summed E-state index contributed by atoms with van der Waals surface area (Å²) < 4.78 is 6.26. The van der Waals surface area contributed by atoms with Crippen molar-refractivity contribution >= 4 is 67.4 Å². The maximum atomic E-state index is 12.8. The van der Waals surface area contributed by atoms with Crippen molar-refractivity contribution in [3.05, 3.63) is 62.5 Å². The Morgan fingerprint density at radius 2 is 1.72 bits per heavy atom. The van der Waals surface area contributed by atoms with E-state index in [1.165, 1.54) is 6.08 Å². The monoisotopic (exact) mass is 521 g/mol. The number of nitrogens with zero attached hydrogens (tertiary/aromatic N) is 1. The number of nitrogens with two attached hydrogens (primary N) is 1. The number of para-hydroxylation sites is 1. The first-order valence-electron chi connectivity index (χ1n) is 8.14. The molecule has 10 heteroatoms. The number of hydrogen-bond acceptors (Lipinski definition) is 5. The largest absolute Gasteiger partial charge is 0.481 e. The third kappa shape index (κ3) is 4.54. The molecule has 1 fully saturated rings. The molecule has 0 unspecified atom stereocenters. The highest BCUT2D eigenvalue weighted by molar-refractivity contribution is 9.11. The quantitative estimate of drug-likeness (QED) is 0.462. The minimum Gasteiger partial charge on any atom is -0.481 e. The minimum atomic E-state index is -0.819. The SMILES string of the molecule is NC(=O)COc1c(Br)cc(/C=C2\C(=O)NC(=O)N(c3ccccc3)C2=O)cc1Br. The van der Waals surface area contributed by atoms with Crippen LogP contribution in [-0.2, 0) is 14.4 Å². The van der Waals surface area contributed by atoms with Gasteiger partial charge in [0.2, 0.25) is 0 Å². The summed E-state index contributed by atoms with van der Waals surface area (Å²) >= 11 is 6.63. The molecule has 0 bridgehead atoms. The second-order valence-corrected chi connectivity index (χ2v) is 7.57. The van der Waals surface area contributed by atoms with Gasteiger partial charge in [-0.2, -0.15) is 0 Å². The molecule has 0 aromatic heterocycles. The maximum absolute atomic E-state index is 12.8. The summed E-state index contributed by atoms with van der Waals surface area (Å²) in [6.07, 6.45) is 1.35. The summed E-state index contributed by atoms with van der Waals surface area (Å²) in [5.41, 5.74) is 5.69. The van der Waals surface area contributed by atoms with Crippen molar-refractivity contribution in [2.24, 2.45) is 5.73 Å². The number of imide groups is 2. The van der Waals surface area contributed by atoms with Crippen LogP contribution >= 0.6 is 31.9 Å². The Balaban J connectivity index is 1.96. The van der Waals surface area contributed by atoms with Gasteiger partial charge < -0.3 is 10.5 Å². The molecule has 3 N–H and O–H groups in total. The van der Waals surface area contributed by atoms with Gasteiger partial charge in [0.05, 0.1) is 14.6 Å². The van der Waals surface area contributed by atoms with E-state index in [-0.39, 0.29) is 12.2 Å². The number of carbonyl (C=O) groups is 4. The van der Waals surface area contributed by atoms with Gasteiger partial charge in [0.15, 0.2) is 6.61 Å². The first-order valence-corrected chi connectivity index (χ1v) is 9.73. The van der Waals surface area contributed by atoms with Crippen LogP contribution in [-0.4, -0.2) is 30.4 Å². The summed E-state index contributed by atoms with van der Waals surface area (Å²) in [7, 11) is 0. The third-order valence-corrected chi connectivity index (χ3v) is 4.98. The Labute approximate surface area is 181 Å². The molecule has 148 valence electrons. The van der Waals surface area contributed by atoms with Gasteiger partial charge in [0, 0.05) is 0 Å². The maximum Gasteiger partial charge on any atom is 0.335 e. The Morgan fingerprint density at radius 1 is 1.10 bits per heavy atom. The van der Waals surface area contributed by atoms with E-state index in [0.29, 0.717) is 25.9 Å². The molecular formula is C19H13Br2N3O5. The molecule has 1 aliphatic rings. The van der Waals surface area contributed by atoms with Crippen molar-refractivity contribution in [1.82, 2.24) is 5.32 Å². The highest BCUT2D eigenvalue weighted by Crippen LogP contribution is 2.35. The van der Waals surface area contributed by atoms with E-state index >= 15 is 0 Å². The van der Waals surface area contributed by atoms with E-state index in [0.717, 1.165) is 4.90 Å². The van der Waals surface area contributed by atoms with Crippen LogP contribution in [0.25, 0.3) is 6.08 Å². The molecule has 0 atom stereocenters. The molecule has 2 aromatic carbocycles. The zero-order chi connectivity index (χ0) is 21.1. The highest BCUT2D eigenvalue weighted by Gasteiger charge is 2.36. The number of hydrogen-bond donors (Lipinski definition) is 2. The molecule has 0 saturated carbocycles. The number of amides is 5. The zero-order valence-corrected chi connectivity index (χ0v) is 17.8. The van der Waals surface area contributed by atoms with Crippen LogP contribution in [0.15, 0.2) is 57.0 Å². The van der Waals surface area contributed by atoms with E-state index in [4.69, 9.17) is 10.5 Å². The number of nitrogens with one attached hydrogen (secondary N) is 1. The smallest absolute Gasteiger partial charge is 0.335 e. The van der Waals surface area contributed by atoms with E-state index in [1.54, 1.807) is 42.5 Å². The molecule has 0 aliphatic carbocycles. The lowest BCUT2D eigenvalue weighted by Crippen LogP contribution is -2.54. The number of rotatable bonds is 5. The van der Waals surface area contributed by atoms with Crippen molar-refractivity contribution in [2.45, 2.75) is 0 Å². The minimum absolute atomic E-state index is 0.210. The predicted molar refractivity (Wildman–Crippen MR) is 112 cm³/mol. The van der Waals surface area contributed by atoms with Crippen molar-refractivity contribution in [1.29, 1.82) is 0 Å². The molecule has 29 heavy (non-hydrogen) atoms. The first-order chi connectivity index (χ1) is 13.8. The van der Waals surface area contributed by atoms with Gasteiger partial charge in [-0.15, -0.1) is 0 Å². The standard InChI is InChI=1S/C19H13Br2N3O5/c20-13-7-10(8-14(21)16(13)29-9-15(22)25)6-12-17(26)23-19(28)24(18(12)27)11-4-2-1-3-5-11/h1-8H,9H2,(H2,22,25)(H,23,26,28)/b12-6+. The number of carbonyl (C=O) groups excluding carboxylic acids is 4.